The Labute approximate surface area is 123 Å². The summed E-state index contributed by atoms with van der Waals surface area (Å²) >= 11 is 0. The van der Waals surface area contributed by atoms with Gasteiger partial charge in [-0.2, -0.15) is 4.98 Å². The summed E-state index contributed by atoms with van der Waals surface area (Å²) in [6.45, 7) is 1.88. The van der Waals surface area contributed by atoms with Gasteiger partial charge in [-0.3, -0.25) is 5.73 Å². The zero-order valence-corrected chi connectivity index (χ0v) is 12.0. The second kappa shape index (κ2) is 5.38. The molecule has 21 heavy (non-hydrogen) atoms. The monoisotopic (exact) mass is 291 g/mol. The van der Waals surface area contributed by atoms with E-state index in [1.807, 2.05) is 11.6 Å². The average Bonchev–Trinajstić information content (AvgIpc) is 2.82. The van der Waals surface area contributed by atoms with Crippen LogP contribution in [0.15, 0.2) is 23.5 Å². The molecule has 1 aromatic rings. The molecule has 0 saturated carbocycles. The highest BCUT2D eigenvalue weighted by molar-refractivity contribution is 5.92. The van der Waals surface area contributed by atoms with Gasteiger partial charge in [-0.1, -0.05) is 0 Å². The first kappa shape index (κ1) is 13.9. The normalized spacial score (nSPS) is 28.9. The van der Waals surface area contributed by atoms with Crippen molar-refractivity contribution >= 4 is 5.84 Å². The molecular formula is C13H21N7O. The Kier molecular flexibility index (Phi) is 3.56. The topological polar surface area (TPSA) is 116 Å². The SMILES string of the molecule is Cn1cc(C2(N)N=C(N)C=CN2)nc1OC1CCCNC1. The number of imidazole rings is 1. The number of amidine groups is 1. The molecule has 0 aliphatic carbocycles. The lowest BCUT2D eigenvalue weighted by molar-refractivity contribution is 0.148. The molecule has 0 amide bonds. The van der Waals surface area contributed by atoms with Crippen LogP contribution in [0.5, 0.6) is 6.01 Å². The van der Waals surface area contributed by atoms with Crippen LogP contribution in [0, 0.1) is 0 Å². The van der Waals surface area contributed by atoms with Crippen molar-refractivity contribution in [3.63, 3.8) is 0 Å². The molecule has 0 radical (unpaired) electrons. The first-order chi connectivity index (χ1) is 10.1. The molecule has 1 fully saturated rings. The van der Waals surface area contributed by atoms with E-state index in [1.165, 1.54) is 0 Å². The number of aryl methyl sites for hydroxylation is 1. The largest absolute Gasteiger partial charge is 0.460 e. The van der Waals surface area contributed by atoms with E-state index in [1.54, 1.807) is 18.5 Å². The number of nitrogens with zero attached hydrogens (tertiary/aromatic N) is 3. The molecule has 6 N–H and O–H groups in total. The second-order valence-corrected chi connectivity index (χ2v) is 5.39. The van der Waals surface area contributed by atoms with Crippen LogP contribution in [0.25, 0.3) is 0 Å². The van der Waals surface area contributed by atoms with E-state index in [0.29, 0.717) is 17.5 Å². The number of rotatable bonds is 3. The Hall–Kier alpha value is -2.06. The number of aliphatic imine (C=N–C) groups is 1. The fraction of sp³-hybridized carbons (Fsp3) is 0.538. The first-order valence-electron chi connectivity index (χ1n) is 7.06. The summed E-state index contributed by atoms with van der Waals surface area (Å²) in [5.74, 6) is -0.788. The minimum absolute atomic E-state index is 0.134. The number of nitrogens with two attached hydrogens (primary N) is 2. The van der Waals surface area contributed by atoms with E-state index in [2.05, 4.69) is 20.6 Å². The predicted molar refractivity (Wildman–Crippen MR) is 79.5 cm³/mol. The summed E-state index contributed by atoms with van der Waals surface area (Å²) in [6.07, 6.45) is 7.38. The average molecular weight is 291 g/mol. The molecule has 2 unspecified atom stereocenters. The first-order valence-corrected chi connectivity index (χ1v) is 7.06. The number of hydrogen-bond donors (Lipinski definition) is 4. The fourth-order valence-corrected chi connectivity index (χ4v) is 2.47. The molecule has 0 bridgehead atoms. The highest BCUT2D eigenvalue weighted by Crippen LogP contribution is 2.22. The molecule has 8 heteroatoms. The van der Waals surface area contributed by atoms with Gasteiger partial charge in [-0.25, -0.2) is 4.99 Å². The number of piperidine rings is 1. The Morgan fingerprint density at radius 2 is 2.38 bits per heavy atom. The van der Waals surface area contributed by atoms with Gasteiger partial charge in [-0.15, -0.1) is 0 Å². The summed E-state index contributed by atoms with van der Waals surface area (Å²) < 4.78 is 7.75. The van der Waals surface area contributed by atoms with Crippen LogP contribution in [0.1, 0.15) is 18.5 Å². The number of aromatic nitrogens is 2. The molecule has 2 atom stereocenters. The summed E-state index contributed by atoms with van der Waals surface area (Å²) in [6, 6.07) is 0.536. The van der Waals surface area contributed by atoms with Crippen molar-refractivity contribution in [2.45, 2.75) is 24.7 Å². The molecule has 3 heterocycles. The molecule has 1 aromatic heterocycles. The minimum atomic E-state index is -1.15. The smallest absolute Gasteiger partial charge is 0.296 e. The van der Waals surface area contributed by atoms with Gasteiger partial charge >= 0.3 is 0 Å². The Morgan fingerprint density at radius 3 is 3.10 bits per heavy atom. The van der Waals surface area contributed by atoms with Gasteiger partial charge in [0.25, 0.3) is 6.01 Å². The third-order valence-electron chi connectivity index (χ3n) is 3.61. The van der Waals surface area contributed by atoms with Gasteiger partial charge in [0, 0.05) is 26.0 Å². The lowest BCUT2D eigenvalue weighted by Crippen LogP contribution is -2.49. The van der Waals surface area contributed by atoms with Crippen LogP contribution in [-0.2, 0) is 12.8 Å². The maximum Gasteiger partial charge on any atom is 0.296 e. The van der Waals surface area contributed by atoms with Gasteiger partial charge in [0.1, 0.15) is 17.6 Å². The van der Waals surface area contributed by atoms with E-state index in [-0.39, 0.29) is 6.10 Å². The maximum atomic E-state index is 6.21. The molecule has 0 spiro atoms. The van der Waals surface area contributed by atoms with Crippen LogP contribution in [0.3, 0.4) is 0 Å². The lowest BCUT2D eigenvalue weighted by Gasteiger charge is -2.26. The van der Waals surface area contributed by atoms with Gasteiger partial charge < -0.3 is 25.7 Å². The van der Waals surface area contributed by atoms with Crippen molar-refractivity contribution in [3.8, 4) is 6.01 Å². The summed E-state index contributed by atoms with van der Waals surface area (Å²) in [5.41, 5.74) is 12.5. The van der Waals surface area contributed by atoms with Crippen molar-refractivity contribution in [2.24, 2.45) is 23.5 Å². The van der Waals surface area contributed by atoms with Gasteiger partial charge in [0.2, 0.25) is 5.79 Å². The molecule has 1 saturated heterocycles. The van der Waals surface area contributed by atoms with Crippen LogP contribution in [0.2, 0.25) is 0 Å². The van der Waals surface area contributed by atoms with Gasteiger partial charge in [0.05, 0.1) is 0 Å². The van der Waals surface area contributed by atoms with Crippen LogP contribution >= 0.6 is 0 Å². The maximum absolute atomic E-state index is 6.21. The summed E-state index contributed by atoms with van der Waals surface area (Å²) in [4.78, 5) is 8.68. The van der Waals surface area contributed by atoms with Crippen LogP contribution in [-0.4, -0.2) is 34.6 Å². The highest BCUT2D eigenvalue weighted by atomic mass is 16.5. The van der Waals surface area contributed by atoms with Crippen LogP contribution < -0.4 is 26.8 Å². The lowest BCUT2D eigenvalue weighted by atomic mass is 10.1. The van der Waals surface area contributed by atoms with E-state index in [0.717, 1.165) is 25.9 Å². The van der Waals surface area contributed by atoms with E-state index in [4.69, 9.17) is 16.2 Å². The molecule has 3 rings (SSSR count). The Balaban J connectivity index is 1.79. The molecule has 0 aromatic carbocycles. The second-order valence-electron chi connectivity index (χ2n) is 5.39. The number of ether oxygens (including phenoxy) is 1. The Bertz CT molecular complexity index is 573. The van der Waals surface area contributed by atoms with Crippen molar-refractivity contribution in [1.29, 1.82) is 0 Å². The number of nitrogens with one attached hydrogen (secondary N) is 2. The van der Waals surface area contributed by atoms with Crippen LogP contribution in [0.4, 0.5) is 0 Å². The van der Waals surface area contributed by atoms with E-state index < -0.39 is 5.79 Å². The predicted octanol–water partition coefficient (Wildman–Crippen LogP) is -0.906. The van der Waals surface area contributed by atoms with Crippen molar-refractivity contribution in [3.05, 3.63) is 24.2 Å². The zero-order valence-electron chi connectivity index (χ0n) is 12.0. The highest BCUT2D eigenvalue weighted by Gasteiger charge is 2.31. The molecule has 2 aliphatic heterocycles. The minimum Gasteiger partial charge on any atom is -0.460 e. The quantitative estimate of drug-likeness (QED) is 0.573. The van der Waals surface area contributed by atoms with E-state index >= 15 is 0 Å². The molecular weight excluding hydrogens is 270 g/mol. The van der Waals surface area contributed by atoms with Gasteiger partial charge in [-0.05, 0) is 25.5 Å². The van der Waals surface area contributed by atoms with E-state index in [9.17, 15) is 0 Å². The Morgan fingerprint density at radius 1 is 1.52 bits per heavy atom. The van der Waals surface area contributed by atoms with Crippen molar-refractivity contribution in [2.75, 3.05) is 13.1 Å². The summed E-state index contributed by atoms with van der Waals surface area (Å²) in [5, 5.41) is 6.28. The molecule has 8 nitrogen and oxygen atoms in total. The fourth-order valence-electron chi connectivity index (χ4n) is 2.47. The molecule has 2 aliphatic rings. The third kappa shape index (κ3) is 2.86. The third-order valence-corrected chi connectivity index (χ3v) is 3.61. The number of hydrogen-bond acceptors (Lipinski definition) is 7. The molecule has 114 valence electrons. The zero-order chi connectivity index (χ0) is 14.9. The summed E-state index contributed by atoms with van der Waals surface area (Å²) in [7, 11) is 1.87. The standard InChI is InChI=1S/C13H21N7O/c1-20-8-10(13(15)17-6-4-11(14)19-13)18-12(20)21-9-3-2-5-16-7-9/h4,6,8-9,16-17H,2-3,5,7,15H2,1H3,(H2,14,19). The van der Waals surface area contributed by atoms with Gasteiger partial charge in [0.15, 0.2) is 0 Å². The van der Waals surface area contributed by atoms with Crippen molar-refractivity contribution < 1.29 is 4.74 Å². The van der Waals surface area contributed by atoms with Crippen molar-refractivity contribution in [1.82, 2.24) is 20.2 Å².